The number of halogens is 1. The summed E-state index contributed by atoms with van der Waals surface area (Å²) in [5.74, 6) is -1.10. The Morgan fingerprint density at radius 2 is 2.06 bits per heavy atom. The van der Waals surface area contributed by atoms with Crippen LogP contribution in [0.3, 0.4) is 0 Å². The van der Waals surface area contributed by atoms with Gasteiger partial charge in [0.25, 0.3) is 0 Å². The molecule has 1 aromatic carbocycles. The first-order valence-corrected chi connectivity index (χ1v) is 5.60. The molecule has 0 saturated heterocycles. The molecule has 0 bridgehead atoms. The normalized spacial score (nSPS) is 10.4. The molecule has 1 aromatic rings. The second-order valence-corrected chi connectivity index (χ2v) is 4.58. The highest BCUT2D eigenvalue weighted by Crippen LogP contribution is 2.21. The van der Waals surface area contributed by atoms with Crippen molar-refractivity contribution in [3.8, 4) is 0 Å². The zero-order valence-electron chi connectivity index (χ0n) is 9.66. The molecular formula is C12H14ClNO3. The standard InChI is InChI=1S/C12H14ClNO3/c1-7(2)5-11(15)14-10-6-8(13)3-4-9(10)12(16)17/h3-4,6-7H,5H2,1-2H3,(H,14,15)(H,16,17). The summed E-state index contributed by atoms with van der Waals surface area (Å²) in [6.45, 7) is 3.82. The van der Waals surface area contributed by atoms with Gasteiger partial charge in [0.15, 0.2) is 0 Å². The predicted octanol–water partition coefficient (Wildman–Crippen LogP) is 3.02. The maximum Gasteiger partial charge on any atom is 0.337 e. The van der Waals surface area contributed by atoms with Crippen LogP contribution in [0, 0.1) is 5.92 Å². The number of nitrogens with one attached hydrogen (secondary N) is 1. The average molecular weight is 256 g/mol. The molecule has 2 N–H and O–H groups in total. The van der Waals surface area contributed by atoms with E-state index in [9.17, 15) is 9.59 Å². The van der Waals surface area contributed by atoms with Gasteiger partial charge in [0, 0.05) is 11.4 Å². The topological polar surface area (TPSA) is 66.4 Å². The third-order valence-electron chi connectivity index (χ3n) is 2.08. The molecule has 4 nitrogen and oxygen atoms in total. The highest BCUT2D eigenvalue weighted by Gasteiger charge is 2.13. The summed E-state index contributed by atoms with van der Waals surface area (Å²) in [6, 6.07) is 4.28. The van der Waals surface area contributed by atoms with Crippen LogP contribution in [0.4, 0.5) is 5.69 Å². The van der Waals surface area contributed by atoms with Gasteiger partial charge >= 0.3 is 5.97 Å². The summed E-state index contributed by atoms with van der Waals surface area (Å²) in [5, 5.41) is 11.9. The second kappa shape index (κ2) is 5.68. The molecule has 0 spiro atoms. The van der Waals surface area contributed by atoms with E-state index in [-0.39, 0.29) is 23.1 Å². The Balaban J connectivity index is 2.92. The lowest BCUT2D eigenvalue weighted by atomic mass is 10.1. The number of anilines is 1. The van der Waals surface area contributed by atoms with Crippen LogP contribution >= 0.6 is 11.6 Å². The molecule has 0 aromatic heterocycles. The van der Waals surface area contributed by atoms with Gasteiger partial charge in [-0.05, 0) is 24.1 Å². The Kier molecular flexibility index (Phi) is 4.52. The first-order chi connectivity index (χ1) is 7.90. The van der Waals surface area contributed by atoms with Gasteiger partial charge in [-0.2, -0.15) is 0 Å². The van der Waals surface area contributed by atoms with E-state index in [1.807, 2.05) is 13.8 Å². The van der Waals surface area contributed by atoms with Crippen molar-refractivity contribution in [2.24, 2.45) is 5.92 Å². The van der Waals surface area contributed by atoms with E-state index in [4.69, 9.17) is 16.7 Å². The largest absolute Gasteiger partial charge is 0.478 e. The number of carboxylic acid groups (broad SMARTS) is 1. The molecule has 1 rings (SSSR count). The first-order valence-electron chi connectivity index (χ1n) is 5.23. The SMILES string of the molecule is CC(C)CC(=O)Nc1cc(Cl)ccc1C(=O)O. The number of carboxylic acids is 1. The van der Waals surface area contributed by atoms with Gasteiger partial charge in [0.2, 0.25) is 5.91 Å². The highest BCUT2D eigenvalue weighted by atomic mass is 35.5. The summed E-state index contributed by atoms with van der Waals surface area (Å²) in [7, 11) is 0. The van der Waals surface area contributed by atoms with E-state index in [1.165, 1.54) is 18.2 Å². The molecule has 0 fully saturated rings. The summed E-state index contributed by atoms with van der Waals surface area (Å²) in [6.07, 6.45) is 0.339. The number of hydrogen-bond acceptors (Lipinski definition) is 2. The lowest BCUT2D eigenvalue weighted by molar-refractivity contribution is -0.116. The number of hydrogen-bond donors (Lipinski definition) is 2. The molecule has 1 amide bonds. The minimum atomic E-state index is -1.10. The monoisotopic (exact) mass is 255 g/mol. The van der Waals surface area contributed by atoms with Crippen molar-refractivity contribution in [1.29, 1.82) is 0 Å². The van der Waals surface area contributed by atoms with Crippen LogP contribution in [0.5, 0.6) is 0 Å². The molecule has 0 saturated carbocycles. The van der Waals surface area contributed by atoms with E-state index in [0.717, 1.165) is 0 Å². The summed E-state index contributed by atoms with van der Waals surface area (Å²) in [5.41, 5.74) is 0.266. The van der Waals surface area contributed by atoms with Crippen LogP contribution < -0.4 is 5.32 Å². The van der Waals surface area contributed by atoms with E-state index in [2.05, 4.69) is 5.32 Å². The van der Waals surface area contributed by atoms with Gasteiger partial charge in [-0.3, -0.25) is 4.79 Å². The van der Waals surface area contributed by atoms with Crippen LogP contribution in [0.25, 0.3) is 0 Å². The van der Waals surface area contributed by atoms with Gasteiger partial charge in [-0.1, -0.05) is 25.4 Å². The van der Waals surface area contributed by atoms with Crippen molar-refractivity contribution < 1.29 is 14.7 Å². The van der Waals surface area contributed by atoms with Crippen LogP contribution in [0.15, 0.2) is 18.2 Å². The predicted molar refractivity (Wildman–Crippen MR) is 66.5 cm³/mol. The molecule has 92 valence electrons. The van der Waals surface area contributed by atoms with Crippen molar-refractivity contribution in [3.63, 3.8) is 0 Å². The zero-order chi connectivity index (χ0) is 13.0. The summed E-state index contributed by atoms with van der Waals surface area (Å²) >= 11 is 5.77. The van der Waals surface area contributed by atoms with Gasteiger partial charge in [0.1, 0.15) is 0 Å². The molecular weight excluding hydrogens is 242 g/mol. The minimum Gasteiger partial charge on any atom is -0.478 e. The fourth-order valence-electron chi connectivity index (χ4n) is 1.38. The molecule has 17 heavy (non-hydrogen) atoms. The number of carbonyl (C=O) groups excluding carboxylic acids is 1. The van der Waals surface area contributed by atoms with Crippen molar-refractivity contribution in [3.05, 3.63) is 28.8 Å². The van der Waals surface area contributed by atoms with Crippen LogP contribution in [-0.4, -0.2) is 17.0 Å². The second-order valence-electron chi connectivity index (χ2n) is 4.14. The van der Waals surface area contributed by atoms with Crippen molar-refractivity contribution in [2.75, 3.05) is 5.32 Å². The maximum absolute atomic E-state index is 11.6. The van der Waals surface area contributed by atoms with Gasteiger partial charge in [-0.15, -0.1) is 0 Å². The molecule has 0 aliphatic heterocycles. The van der Waals surface area contributed by atoms with E-state index in [0.29, 0.717) is 11.4 Å². The Labute approximate surface area is 105 Å². The Morgan fingerprint density at radius 3 is 2.59 bits per heavy atom. The number of carbonyl (C=O) groups is 2. The smallest absolute Gasteiger partial charge is 0.337 e. The van der Waals surface area contributed by atoms with Crippen LogP contribution in [0.2, 0.25) is 5.02 Å². The Bertz CT molecular complexity index is 443. The highest BCUT2D eigenvalue weighted by molar-refractivity contribution is 6.31. The van der Waals surface area contributed by atoms with E-state index in [1.54, 1.807) is 0 Å². The van der Waals surface area contributed by atoms with Crippen LogP contribution in [0.1, 0.15) is 30.6 Å². The van der Waals surface area contributed by atoms with Crippen molar-refractivity contribution in [1.82, 2.24) is 0 Å². The van der Waals surface area contributed by atoms with Crippen molar-refractivity contribution >= 4 is 29.2 Å². The van der Waals surface area contributed by atoms with Crippen molar-refractivity contribution in [2.45, 2.75) is 20.3 Å². The Morgan fingerprint density at radius 1 is 1.41 bits per heavy atom. The molecule has 0 radical (unpaired) electrons. The molecule has 0 unspecified atom stereocenters. The molecule has 0 heterocycles. The quantitative estimate of drug-likeness (QED) is 0.869. The molecule has 0 atom stereocenters. The summed E-state index contributed by atoms with van der Waals surface area (Å²) < 4.78 is 0. The van der Waals surface area contributed by atoms with Gasteiger partial charge in [0.05, 0.1) is 11.3 Å². The first kappa shape index (κ1) is 13.5. The minimum absolute atomic E-state index is 0.0338. The van der Waals surface area contributed by atoms with E-state index < -0.39 is 5.97 Å². The zero-order valence-corrected chi connectivity index (χ0v) is 10.4. The maximum atomic E-state index is 11.6. The number of aromatic carboxylic acids is 1. The van der Waals surface area contributed by atoms with Gasteiger partial charge < -0.3 is 10.4 Å². The third-order valence-corrected chi connectivity index (χ3v) is 2.31. The fraction of sp³-hybridized carbons (Fsp3) is 0.333. The number of rotatable bonds is 4. The lowest BCUT2D eigenvalue weighted by Gasteiger charge is -2.10. The fourth-order valence-corrected chi connectivity index (χ4v) is 1.55. The number of amides is 1. The molecule has 0 aliphatic rings. The Hall–Kier alpha value is -1.55. The average Bonchev–Trinajstić information content (AvgIpc) is 2.15. The van der Waals surface area contributed by atoms with Gasteiger partial charge in [-0.25, -0.2) is 4.79 Å². The van der Waals surface area contributed by atoms with Crippen LogP contribution in [-0.2, 0) is 4.79 Å². The number of benzene rings is 1. The summed E-state index contributed by atoms with van der Waals surface area (Å²) in [4.78, 5) is 22.5. The molecule has 0 aliphatic carbocycles. The third kappa shape index (κ3) is 4.07. The van der Waals surface area contributed by atoms with E-state index >= 15 is 0 Å². The lowest BCUT2D eigenvalue weighted by Crippen LogP contribution is -2.16. The molecule has 5 heteroatoms.